The van der Waals surface area contributed by atoms with E-state index in [0.717, 1.165) is 17.6 Å². The van der Waals surface area contributed by atoms with E-state index in [1.807, 2.05) is 29.3 Å². The molecule has 4 heterocycles. The number of morpholine rings is 1. The monoisotopic (exact) mass is 571 g/mol. The van der Waals surface area contributed by atoms with Crippen LogP contribution in [0.3, 0.4) is 0 Å². The summed E-state index contributed by atoms with van der Waals surface area (Å²) in [5.41, 5.74) is 1.20. The van der Waals surface area contributed by atoms with Crippen LogP contribution >= 0.6 is 11.8 Å². The zero-order valence-electron chi connectivity index (χ0n) is 21.2. The molecule has 0 saturated carbocycles. The minimum Gasteiger partial charge on any atom is -0.451 e. The Bertz CT molecular complexity index is 1570. The fourth-order valence-corrected chi connectivity index (χ4v) is 6.37. The van der Waals surface area contributed by atoms with Crippen LogP contribution in [0, 0.1) is 11.6 Å². The van der Waals surface area contributed by atoms with Crippen molar-refractivity contribution in [1.29, 1.82) is 0 Å². The molecule has 6 rings (SSSR count). The number of pyridine rings is 1. The van der Waals surface area contributed by atoms with E-state index in [4.69, 9.17) is 14.2 Å². The first kappa shape index (κ1) is 26.1. The Balaban J connectivity index is 1.57. The van der Waals surface area contributed by atoms with E-state index in [1.165, 1.54) is 40.8 Å². The number of methoxy groups -OCH3 is 1. The predicted octanol–water partition coefficient (Wildman–Crippen LogP) is 3.39. The molecule has 1 fully saturated rings. The van der Waals surface area contributed by atoms with Gasteiger partial charge in [0.15, 0.2) is 17.3 Å². The van der Waals surface area contributed by atoms with Crippen molar-refractivity contribution in [1.82, 2.24) is 9.58 Å². The molecule has 2 atom stereocenters. The lowest BCUT2D eigenvalue weighted by Crippen LogP contribution is -2.66. The molecule has 13 heteroatoms. The Hall–Kier alpha value is -4.10. The van der Waals surface area contributed by atoms with Crippen LogP contribution in [-0.2, 0) is 20.0 Å². The number of fused-ring (bicyclic) bond motifs is 4. The van der Waals surface area contributed by atoms with E-state index in [1.54, 1.807) is 4.90 Å². The first-order valence-corrected chi connectivity index (χ1v) is 13.3. The fourth-order valence-electron chi connectivity index (χ4n) is 5.28. The Morgan fingerprint density at radius 2 is 1.93 bits per heavy atom. The van der Waals surface area contributed by atoms with Gasteiger partial charge in [0.2, 0.25) is 18.0 Å². The van der Waals surface area contributed by atoms with Crippen molar-refractivity contribution in [2.24, 2.45) is 0 Å². The summed E-state index contributed by atoms with van der Waals surface area (Å²) in [6.45, 7) is -0.0595. The molecule has 1 saturated heterocycles. The summed E-state index contributed by atoms with van der Waals surface area (Å²) < 4.78 is 51.2. The summed E-state index contributed by atoms with van der Waals surface area (Å²) in [6.07, 6.45) is -0.238. The molecule has 1 unspecified atom stereocenters. The molecule has 0 radical (unpaired) electrons. The van der Waals surface area contributed by atoms with E-state index in [0.29, 0.717) is 16.9 Å². The van der Waals surface area contributed by atoms with Gasteiger partial charge in [0.1, 0.15) is 6.17 Å². The Morgan fingerprint density at radius 1 is 1.12 bits per heavy atom. The third-order valence-electron chi connectivity index (χ3n) is 7.04. The van der Waals surface area contributed by atoms with Crippen molar-refractivity contribution in [2.45, 2.75) is 22.9 Å². The van der Waals surface area contributed by atoms with E-state index in [9.17, 15) is 23.2 Å². The second kappa shape index (κ2) is 10.5. The lowest BCUT2D eigenvalue weighted by molar-refractivity contribution is -0.0209. The first-order chi connectivity index (χ1) is 19.4. The maximum atomic E-state index is 14.8. The molecule has 1 amide bonds. The van der Waals surface area contributed by atoms with Crippen LogP contribution < -0.4 is 15.2 Å². The topological polar surface area (TPSA) is 99.5 Å². The number of thioether (sulfide) groups is 1. The largest absolute Gasteiger partial charge is 0.510 e. The zero-order valence-corrected chi connectivity index (χ0v) is 22.0. The standard InChI is InChI=1S/C27H23F2N3O7S/c1-36-27(35)39-14-38-25-20(33)6-7-31-24(25)26(34)30-8-9-37-12-22(30)32(31)23-16-4-2-3-5-21(16)40-13-15-10-18(28)19(29)11-17(15)23/h2-7,10-11,22-23H,8-9,12-14H2,1H3/t22?,23-/m1/s1. The maximum absolute atomic E-state index is 14.8. The second-order valence-corrected chi connectivity index (χ2v) is 10.2. The van der Waals surface area contributed by atoms with Gasteiger partial charge in [0.05, 0.1) is 26.4 Å². The zero-order chi connectivity index (χ0) is 28.0. The van der Waals surface area contributed by atoms with E-state index < -0.39 is 48.1 Å². The van der Waals surface area contributed by atoms with Crippen LogP contribution in [0.2, 0.25) is 0 Å². The number of carbonyl (C=O) groups excluding carboxylic acids is 2. The highest BCUT2D eigenvalue weighted by atomic mass is 32.2. The van der Waals surface area contributed by atoms with Gasteiger partial charge in [-0.2, -0.15) is 0 Å². The highest BCUT2D eigenvalue weighted by Gasteiger charge is 2.46. The van der Waals surface area contributed by atoms with Gasteiger partial charge in [-0.1, -0.05) is 18.2 Å². The minimum absolute atomic E-state index is 0.0994. The second-order valence-electron chi connectivity index (χ2n) is 9.19. The molecule has 0 N–H and O–H groups in total. The Morgan fingerprint density at radius 3 is 2.75 bits per heavy atom. The van der Waals surface area contributed by atoms with Gasteiger partial charge in [0, 0.05) is 29.5 Å². The summed E-state index contributed by atoms with van der Waals surface area (Å²) in [7, 11) is 1.12. The van der Waals surface area contributed by atoms with Crippen LogP contribution in [0.15, 0.2) is 58.4 Å². The summed E-state index contributed by atoms with van der Waals surface area (Å²) in [4.78, 5) is 40.7. The number of nitrogens with zero attached hydrogens (tertiary/aromatic N) is 3. The molecular formula is C27H23F2N3O7S. The van der Waals surface area contributed by atoms with Crippen molar-refractivity contribution >= 4 is 23.8 Å². The number of amides is 1. The molecule has 0 bridgehead atoms. The lowest BCUT2D eigenvalue weighted by Gasteiger charge is -2.51. The van der Waals surface area contributed by atoms with Crippen LogP contribution in [0.1, 0.15) is 33.2 Å². The van der Waals surface area contributed by atoms with Gasteiger partial charge in [-0.05, 0) is 34.9 Å². The maximum Gasteiger partial charge on any atom is 0.510 e. The fraction of sp³-hybridized carbons (Fsp3) is 0.296. The normalized spacial score (nSPS) is 19.5. The Labute approximate surface area is 230 Å². The number of halogens is 2. The Kier molecular flexibility index (Phi) is 6.84. The molecule has 40 heavy (non-hydrogen) atoms. The number of benzene rings is 2. The molecule has 1 aromatic heterocycles. The third-order valence-corrected chi connectivity index (χ3v) is 8.18. The van der Waals surface area contributed by atoms with Crippen LogP contribution in [0.5, 0.6) is 5.75 Å². The van der Waals surface area contributed by atoms with Crippen molar-refractivity contribution < 1.29 is 37.3 Å². The molecule has 3 aliphatic rings. The molecule has 0 spiro atoms. The SMILES string of the molecule is COC(=O)OCOc1c2n(ccc1=O)N([C@H]1c3cc(F)c(F)cc3CSc3ccccc31)C1COCCN1C2=O. The minimum atomic E-state index is -1.02. The predicted molar refractivity (Wildman–Crippen MR) is 138 cm³/mol. The number of hydrogen-bond donors (Lipinski definition) is 0. The average Bonchev–Trinajstić information content (AvgIpc) is 3.11. The van der Waals surface area contributed by atoms with E-state index in [2.05, 4.69) is 4.74 Å². The van der Waals surface area contributed by atoms with Crippen LogP contribution in [0.25, 0.3) is 0 Å². The molecule has 10 nitrogen and oxygen atoms in total. The number of rotatable bonds is 4. The molecule has 208 valence electrons. The van der Waals surface area contributed by atoms with E-state index in [-0.39, 0.29) is 31.2 Å². The summed E-state index contributed by atoms with van der Waals surface area (Å²) in [6, 6.07) is 10.5. The lowest BCUT2D eigenvalue weighted by atomic mass is 9.93. The van der Waals surface area contributed by atoms with Crippen LogP contribution in [-0.4, -0.2) is 61.5 Å². The average molecular weight is 572 g/mol. The van der Waals surface area contributed by atoms with Crippen LogP contribution in [0.4, 0.5) is 13.6 Å². The van der Waals surface area contributed by atoms with Gasteiger partial charge in [-0.15, -0.1) is 11.8 Å². The molecular weight excluding hydrogens is 548 g/mol. The summed E-state index contributed by atoms with van der Waals surface area (Å²) in [5, 5.41) is 1.82. The van der Waals surface area contributed by atoms with Gasteiger partial charge in [0.25, 0.3) is 5.91 Å². The van der Waals surface area contributed by atoms with Crippen molar-refractivity contribution in [3.05, 3.63) is 92.9 Å². The number of hydrogen-bond acceptors (Lipinski definition) is 9. The van der Waals surface area contributed by atoms with Crippen molar-refractivity contribution in [3.63, 3.8) is 0 Å². The highest BCUT2D eigenvalue weighted by Crippen LogP contribution is 2.44. The van der Waals surface area contributed by atoms with Gasteiger partial charge >= 0.3 is 6.16 Å². The summed E-state index contributed by atoms with van der Waals surface area (Å²) >= 11 is 1.50. The smallest absolute Gasteiger partial charge is 0.451 e. The first-order valence-electron chi connectivity index (χ1n) is 12.3. The molecule has 0 aliphatic carbocycles. The molecule has 3 aliphatic heterocycles. The van der Waals surface area contributed by atoms with Gasteiger partial charge in [-0.25, -0.2) is 13.6 Å². The van der Waals surface area contributed by atoms with Gasteiger partial charge < -0.3 is 23.8 Å². The molecule has 3 aromatic rings. The number of carbonyl (C=O) groups is 2. The number of aromatic nitrogens is 1. The quantitative estimate of drug-likeness (QED) is 0.345. The third kappa shape index (κ3) is 4.34. The van der Waals surface area contributed by atoms with Crippen molar-refractivity contribution in [2.75, 3.05) is 38.7 Å². The highest BCUT2D eigenvalue weighted by molar-refractivity contribution is 7.98. The van der Waals surface area contributed by atoms with E-state index >= 15 is 0 Å². The number of ether oxygens (including phenoxy) is 4. The molecule has 2 aromatic carbocycles. The summed E-state index contributed by atoms with van der Waals surface area (Å²) in [5.74, 6) is -2.37. The van der Waals surface area contributed by atoms with Gasteiger partial charge in [-0.3, -0.25) is 19.3 Å². The van der Waals surface area contributed by atoms with Crippen molar-refractivity contribution in [3.8, 4) is 5.75 Å².